The average Bonchev–Trinajstić information content (AvgIpc) is 3.42. The lowest BCUT2D eigenvalue weighted by Gasteiger charge is -2.19. The first-order valence-corrected chi connectivity index (χ1v) is 11.5. The predicted molar refractivity (Wildman–Crippen MR) is 108 cm³/mol. The standard InChI is InChI=1S/C17H25ClN5O5P/c18-17-21-15(20-10-3-1-2-4-10)14-16(22-17)23(9-19-14)12-6-5-11(28-12)8-27-13(7-24)29(25)26/h9-13,24-26H,1-8H2,(H,20,21,22). The van der Waals surface area contributed by atoms with Gasteiger partial charge >= 0.3 is 0 Å². The molecule has 0 bridgehead atoms. The highest BCUT2D eigenvalue weighted by Gasteiger charge is 2.30. The van der Waals surface area contributed by atoms with E-state index in [-0.39, 0.29) is 24.2 Å². The maximum Gasteiger partial charge on any atom is 0.226 e. The maximum absolute atomic E-state index is 9.21. The lowest BCUT2D eigenvalue weighted by molar-refractivity contribution is -0.0541. The fourth-order valence-corrected chi connectivity index (χ4v) is 4.42. The minimum Gasteiger partial charge on any atom is -0.393 e. The Balaban J connectivity index is 1.46. The van der Waals surface area contributed by atoms with E-state index in [1.807, 2.05) is 4.57 Å². The Morgan fingerprint density at radius 2 is 2.07 bits per heavy atom. The van der Waals surface area contributed by atoms with E-state index >= 15 is 0 Å². The van der Waals surface area contributed by atoms with Crippen molar-refractivity contribution in [3.63, 3.8) is 0 Å². The molecule has 3 atom stereocenters. The van der Waals surface area contributed by atoms with Crippen molar-refractivity contribution in [1.82, 2.24) is 19.5 Å². The normalized spacial score (nSPS) is 24.0. The van der Waals surface area contributed by atoms with Gasteiger partial charge < -0.3 is 29.7 Å². The number of halogens is 1. The third kappa shape index (κ3) is 4.80. The lowest BCUT2D eigenvalue weighted by atomic mass is 10.2. The van der Waals surface area contributed by atoms with E-state index in [2.05, 4.69) is 20.3 Å². The Kier molecular flexibility index (Phi) is 6.80. The second-order valence-electron chi connectivity index (χ2n) is 7.37. The van der Waals surface area contributed by atoms with Gasteiger partial charge in [0.2, 0.25) is 5.28 Å². The SMILES string of the molecule is OCC(OCC1CCC(n2cnc3c(NC4CCCC4)nc(Cl)nc32)O1)P(O)O. The summed E-state index contributed by atoms with van der Waals surface area (Å²) in [6, 6.07) is 0.376. The van der Waals surface area contributed by atoms with Crippen LogP contribution in [0.15, 0.2) is 6.33 Å². The Morgan fingerprint density at radius 3 is 2.79 bits per heavy atom. The zero-order chi connectivity index (χ0) is 20.4. The first-order valence-electron chi connectivity index (χ1n) is 9.76. The summed E-state index contributed by atoms with van der Waals surface area (Å²) in [6.07, 6.45) is 7.25. The molecule has 1 aliphatic carbocycles. The van der Waals surface area contributed by atoms with Gasteiger partial charge in [0.1, 0.15) is 12.1 Å². The van der Waals surface area contributed by atoms with E-state index < -0.39 is 20.8 Å². The number of imidazole rings is 1. The molecule has 1 saturated carbocycles. The van der Waals surface area contributed by atoms with Crippen molar-refractivity contribution in [1.29, 1.82) is 0 Å². The van der Waals surface area contributed by atoms with Crippen LogP contribution < -0.4 is 5.32 Å². The summed E-state index contributed by atoms with van der Waals surface area (Å²) in [5.41, 5.74) is 1.27. The monoisotopic (exact) mass is 445 g/mol. The molecule has 0 aromatic carbocycles. The summed E-state index contributed by atoms with van der Waals surface area (Å²) >= 11 is 6.17. The van der Waals surface area contributed by atoms with Gasteiger partial charge in [-0.25, -0.2) is 4.98 Å². The Morgan fingerprint density at radius 1 is 1.28 bits per heavy atom. The molecule has 0 spiro atoms. The minimum absolute atomic E-state index is 0.155. The third-order valence-electron chi connectivity index (χ3n) is 5.37. The molecule has 2 fully saturated rings. The number of anilines is 1. The van der Waals surface area contributed by atoms with Crippen molar-refractivity contribution >= 4 is 37.0 Å². The van der Waals surface area contributed by atoms with Crippen LogP contribution in [0.2, 0.25) is 5.28 Å². The largest absolute Gasteiger partial charge is 0.393 e. The second-order valence-corrected chi connectivity index (χ2v) is 8.93. The van der Waals surface area contributed by atoms with Gasteiger partial charge in [0.25, 0.3) is 0 Å². The zero-order valence-electron chi connectivity index (χ0n) is 15.8. The molecule has 1 saturated heterocycles. The number of nitrogens with one attached hydrogen (secondary N) is 1. The predicted octanol–water partition coefficient (Wildman–Crippen LogP) is 2.14. The first kappa shape index (κ1) is 21.1. The Labute approximate surface area is 174 Å². The molecule has 29 heavy (non-hydrogen) atoms. The molecule has 3 unspecified atom stereocenters. The third-order valence-corrected chi connectivity index (χ3v) is 6.37. The van der Waals surface area contributed by atoms with Crippen LogP contribution in [0.3, 0.4) is 0 Å². The van der Waals surface area contributed by atoms with Crippen molar-refractivity contribution in [2.75, 3.05) is 18.5 Å². The highest BCUT2D eigenvalue weighted by molar-refractivity contribution is 7.45. The fraction of sp³-hybridized carbons (Fsp3) is 0.706. The molecule has 10 nitrogen and oxygen atoms in total. The van der Waals surface area contributed by atoms with Gasteiger partial charge in [-0.15, -0.1) is 0 Å². The summed E-state index contributed by atoms with van der Waals surface area (Å²) in [7, 11) is -2.35. The quantitative estimate of drug-likeness (QED) is 0.356. The molecule has 1 aliphatic heterocycles. The average molecular weight is 446 g/mol. The number of hydrogen-bond donors (Lipinski definition) is 4. The van der Waals surface area contributed by atoms with Crippen molar-refractivity contribution in [2.24, 2.45) is 0 Å². The number of nitrogens with zero attached hydrogens (tertiary/aromatic N) is 4. The Bertz CT molecular complexity index is 834. The zero-order valence-corrected chi connectivity index (χ0v) is 17.5. The number of fused-ring (bicyclic) bond motifs is 1. The molecular weight excluding hydrogens is 421 g/mol. The van der Waals surface area contributed by atoms with E-state index in [4.69, 9.17) is 26.2 Å². The van der Waals surface area contributed by atoms with Gasteiger partial charge in [0.05, 0.1) is 25.6 Å². The van der Waals surface area contributed by atoms with E-state index in [0.29, 0.717) is 23.0 Å². The Hall–Kier alpha value is -1.13. The highest BCUT2D eigenvalue weighted by atomic mass is 35.5. The van der Waals surface area contributed by atoms with Gasteiger partial charge in [-0.05, 0) is 37.3 Å². The molecule has 2 aromatic heterocycles. The van der Waals surface area contributed by atoms with Crippen LogP contribution in [0, 0.1) is 0 Å². The maximum atomic E-state index is 9.21. The molecule has 4 rings (SSSR count). The van der Waals surface area contributed by atoms with Crippen molar-refractivity contribution < 1.29 is 24.4 Å². The number of ether oxygens (including phenoxy) is 2. The van der Waals surface area contributed by atoms with Gasteiger partial charge in [0, 0.05) is 6.04 Å². The van der Waals surface area contributed by atoms with Crippen molar-refractivity contribution in [3.8, 4) is 0 Å². The second kappa shape index (κ2) is 9.34. The molecule has 160 valence electrons. The van der Waals surface area contributed by atoms with Crippen LogP contribution in [0.1, 0.15) is 44.8 Å². The molecule has 0 amide bonds. The lowest BCUT2D eigenvalue weighted by Crippen LogP contribution is -2.23. The smallest absolute Gasteiger partial charge is 0.226 e. The topological polar surface area (TPSA) is 135 Å². The van der Waals surface area contributed by atoms with Gasteiger partial charge in [0.15, 0.2) is 25.4 Å². The van der Waals surface area contributed by atoms with Gasteiger partial charge in [-0.1, -0.05) is 12.8 Å². The molecule has 2 aromatic rings. The molecule has 3 heterocycles. The number of aliphatic hydroxyl groups excluding tert-OH is 1. The number of rotatable bonds is 8. The van der Waals surface area contributed by atoms with Gasteiger partial charge in [-0.2, -0.15) is 9.97 Å². The van der Waals surface area contributed by atoms with Crippen LogP contribution in [-0.2, 0) is 9.47 Å². The number of hydrogen-bond acceptors (Lipinski definition) is 9. The summed E-state index contributed by atoms with van der Waals surface area (Å²) < 4.78 is 13.3. The minimum atomic E-state index is -2.35. The molecule has 12 heteroatoms. The van der Waals surface area contributed by atoms with Crippen LogP contribution >= 0.6 is 20.0 Å². The summed E-state index contributed by atoms with van der Waals surface area (Å²) in [4.78, 5) is 31.6. The van der Waals surface area contributed by atoms with E-state index in [0.717, 1.165) is 25.7 Å². The molecule has 2 aliphatic rings. The molecule has 0 radical (unpaired) electrons. The van der Waals surface area contributed by atoms with Crippen LogP contribution in [-0.4, -0.2) is 65.6 Å². The van der Waals surface area contributed by atoms with Crippen LogP contribution in [0.25, 0.3) is 11.2 Å². The summed E-state index contributed by atoms with van der Waals surface area (Å²) in [5, 5.41) is 12.7. The van der Waals surface area contributed by atoms with Crippen LogP contribution in [0.4, 0.5) is 5.82 Å². The van der Waals surface area contributed by atoms with E-state index in [1.165, 1.54) is 12.8 Å². The summed E-state index contributed by atoms with van der Waals surface area (Å²) in [6.45, 7) is -0.286. The first-order chi connectivity index (χ1) is 14.0. The number of aliphatic hydroxyl groups is 1. The van der Waals surface area contributed by atoms with Crippen LogP contribution in [0.5, 0.6) is 0 Å². The van der Waals surface area contributed by atoms with Crippen molar-refractivity contribution in [2.45, 2.75) is 62.7 Å². The molecule has 4 N–H and O–H groups in total. The fourth-order valence-electron chi connectivity index (χ4n) is 3.89. The summed E-state index contributed by atoms with van der Waals surface area (Å²) in [5.74, 6) is -0.342. The highest BCUT2D eigenvalue weighted by Crippen LogP contribution is 2.35. The van der Waals surface area contributed by atoms with E-state index in [9.17, 15) is 9.79 Å². The van der Waals surface area contributed by atoms with E-state index in [1.54, 1.807) is 6.33 Å². The molecular formula is C17H25ClN5O5P. The number of aromatic nitrogens is 4. The van der Waals surface area contributed by atoms with Gasteiger partial charge in [-0.3, -0.25) is 4.57 Å². The van der Waals surface area contributed by atoms with Crippen molar-refractivity contribution in [3.05, 3.63) is 11.6 Å².